The highest BCUT2D eigenvalue weighted by molar-refractivity contribution is 8.01. The number of rotatable bonds is 4. The molecule has 30 heavy (non-hydrogen) atoms. The molecule has 1 aromatic rings. The lowest BCUT2D eigenvalue weighted by Gasteiger charge is -2.47. The SMILES string of the molecule is CC(=O)NC1(C(=O)OCC(Cl)(Cl)Cl)N2C(=O)C[C@H]2SC1(C)CCl.c1ccc2c(c1)O2. The van der Waals surface area contributed by atoms with E-state index in [0.29, 0.717) is 0 Å². The van der Waals surface area contributed by atoms with Gasteiger partial charge in [-0.3, -0.25) is 14.5 Å². The summed E-state index contributed by atoms with van der Waals surface area (Å²) in [7, 11) is 0. The third kappa shape index (κ3) is 4.43. The maximum absolute atomic E-state index is 12.8. The molecule has 0 aromatic heterocycles. The van der Waals surface area contributed by atoms with Crippen molar-refractivity contribution in [2.24, 2.45) is 0 Å². The molecule has 1 N–H and O–H groups in total. The number of halogens is 4. The number of hydrogen-bond donors (Lipinski definition) is 1. The van der Waals surface area contributed by atoms with E-state index in [0.717, 1.165) is 11.5 Å². The Hall–Kier alpha value is -1.06. The second kappa shape index (κ2) is 8.47. The van der Waals surface area contributed by atoms with Gasteiger partial charge in [-0.2, -0.15) is 0 Å². The van der Waals surface area contributed by atoms with Crippen molar-refractivity contribution in [1.82, 2.24) is 10.2 Å². The molecule has 164 valence electrons. The molecule has 2 amide bonds. The Morgan fingerprint density at radius 1 is 1.33 bits per heavy atom. The Labute approximate surface area is 197 Å². The van der Waals surface area contributed by atoms with Crippen molar-refractivity contribution in [3.63, 3.8) is 0 Å². The smallest absolute Gasteiger partial charge is 0.354 e. The Bertz CT molecular complexity index is 861. The van der Waals surface area contributed by atoms with Crippen molar-refractivity contribution in [2.75, 3.05) is 12.5 Å². The zero-order valence-corrected chi connectivity index (χ0v) is 19.8. The second-order valence-corrected chi connectivity index (χ2v) is 11.5. The number of thioether (sulfide) groups is 1. The molecular formula is C18H18Cl4N2O5S. The maximum atomic E-state index is 12.8. The van der Waals surface area contributed by atoms with Gasteiger partial charge in [-0.25, -0.2) is 4.79 Å². The highest BCUT2D eigenvalue weighted by Gasteiger charge is 2.72. The van der Waals surface area contributed by atoms with Gasteiger partial charge in [0.2, 0.25) is 21.3 Å². The van der Waals surface area contributed by atoms with Crippen molar-refractivity contribution < 1.29 is 23.9 Å². The molecule has 3 heterocycles. The minimum atomic E-state index is -1.81. The number of para-hydroxylation sites is 2. The van der Waals surface area contributed by atoms with E-state index in [4.69, 9.17) is 55.9 Å². The minimum Gasteiger partial charge on any atom is -0.458 e. The highest BCUT2D eigenvalue weighted by atomic mass is 35.6. The number of carbonyl (C=O) groups excluding carboxylic acids is 3. The average molecular weight is 516 g/mol. The quantitative estimate of drug-likeness (QED) is 0.288. The molecule has 7 nitrogen and oxygen atoms in total. The topological polar surface area (TPSA) is 88.2 Å². The zero-order valence-electron chi connectivity index (χ0n) is 15.9. The molecule has 1 aromatic carbocycles. The van der Waals surface area contributed by atoms with Gasteiger partial charge in [0.25, 0.3) is 0 Å². The molecule has 4 rings (SSSR count). The maximum Gasteiger partial charge on any atom is 0.354 e. The van der Waals surface area contributed by atoms with Crippen LogP contribution in [-0.4, -0.2) is 54.7 Å². The molecule has 2 fully saturated rings. The first-order valence-electron chi connectivity index (χ1n) is 8.79. The van der Waals surface area contributed by atoms with Crippen molar-refractivity contribution in [1.29, 1.82) is 0 Å². The van der Waals surface area contributed by atoms with E-state index in [-0.39, 0.29) is 23.6 Å². The number of nitrogens with one attached hydrogen (secondary N) is 1. The van der Waals surface area contributed by atoms with Gasteiger partial charge in [0.15, 0.2) is 11.5 Å². The molecule has 0 aliphatic carbocycles. The Balaban J connectivity index is 0.000000302. The standard InChI is InChI=1S/C12H14Cl4N2O4S.C6H4O/c1-6(19)17-12(9(21)22-5-11(14,15)16)10(2,4-13)23-8-3-7(20)18(8)12;1-2-4-6-5(3-1)7-6/h8H,3-5H2,1-2H3,(H,17,19);1-4H/t8-,10?,12?;/m1./s1. The number of carbonyl (C=O) groups is 3. The highest BCUT2D eigenvalue weighted by Crippen LogP contribution is 2.56. The fourth-order valence-corrected chi connectivity index (χ4v) is 5.55. The van der Waals surface area contributed by atoms with Gasteiger partial charge in [-0.15, -0.1) is 23.4 Å². The first-order valence-corrected chi connectivity index (χ1v) is 11.3. The van der Waals surface area contributed by atoms with Gasteiger partial charge in [0, 0.05) is 12.8 Å². The first kappa shape index (κ1) is 23.6. The van der Waals surface area contributed by atoms with Gasteiger partial charge in [0.05, 0.1) is 16.5 Å². The number of benzene rings is 1. The third-order valence-corrected chi connectivity index (χ3v) is 7.36. The summed E-state index contributed by atoms with van der Waals surface area (Å²) in [4.78, 5) is 37.8. The summed E-state index contributed by atoms with van der Waals surface area (Å²) in [5.41, 5.74) is -1.73. The minimum absolute atomic E-state index is 0.00109. The van der Waals surface area contributed by atoms with Gasteiger partial charge >= 0.3 is 5.97 Å². The van der Waals surface area contributed by atoms with Crippen LogP contribution in [0.3, 0.4) is 0 Å². The molecule has 0 spiro atoms. The van der Waals surface area contributed by atoms with Crippen molar-refractivity contribution in [2.45, 2.75) is 39.8 Å². The average Bonchev–Trinajstić information content (AvgIpc) is 3.40. The summed E-state index contributed by atoms with van der Waals surface area (Å²) in [5, 5.41) is 2.29. The largest absolute Gasteiger partial charge is 0.458 e. The summed E-state index contributed by atoms with van der Waals surface area (Å²) >= 11 is 24.2. The Kier molecular flexibility index (Phi) is 6.66. The summed E-state index contributed by atoms with van der Waals surface area (Å²) < 4.78 is 7.22. The molecule has 2 unspecified atom stereocenters. The van der Waals surface area contributed by atoms with E-state index >= 15 is 0 Å². The molecule has 2 saturated heterocycles. The van der Waals surface area contributed by atoms with Crippen molar-refractivity contribution >= 4 is 75.9 Å². The van der Waals surface area contributed by atoms with Crippen LogP contribution in [0.25, 0.3) is 0 Å². The van der Waals surface area contributed by atoms with Gasteiger partial charge < -0.3 is 14.8 Å². The predicted octanol–water partition coefficient (Wildman–Crippen LogP) is 3.83. The van der Waals surface area contributed by atoms with E-state index in [1.165, 1.54) is 23.6 Å². The van der Waals surface area contributed by atoms with Gasteiger partial charge in [-0.1, -0.05) is 46.9 Å². The van der Waals surface area contributed by atoms with Crippen molar-refractivity contribution in [3.05, 3.63) is 24.3 Å². The van der Waals surface area contributed by atoms with Crippen LogP contribution in [0.1, 0.15) is 20.3 Å². The molecule has 0 bridgehead atoms. The van der Waals surface area contributed by atoms with Crippen LogP contribution in [0.2, 0.25) is 0 Å². The fraction of sp³-hybridized carbons (Fsp3) is 0.500. The Morgan fingerprint density at radius 3 is 2.37 bits per heavy atom. The number of ether oxygens (including phenoxy) is 2. The lowest BCUT2D eigenvalue weighted by atomic mass is 9.89. The lowest BCUT2D eigenvalue weighted by molar-refractivity contribution is -0.177. The number of β-lactam (4-membered cyclic amide) rings is 1. The molecule has 3 aliphatic heterocycles. The van der Waals surface area contributed by atoms with Crippen LogP contribution >= 0.6 is 58.2 Å². The number of nitrogens with zero attached hydrogens (tertiary/aromatic N) is 1. The monoisotopic (exact) mass is 514 g/mol. The van der Waals surface area contributed by atoms with E-state index in [2.05, 4.69) is 5.32 Å². The van der Waals surface area contributed by atoms with Crippen LogP contribution in [0.15, 0.2) is 24.3 Å². The van der Waals surface area contributed by atoms with E-state index < -0.39 is 32.7 Å². The number of esters is 1. The summed E-state index contributed by atoms with van der Waals surface area (Å²) in [6.07, 6.45) is 0.260. The van der Waals surface area contributed by atoms with Gasteiger partial charge in [0.1, 0.15) is 6.61 Å². The summed E-state index contributed by atoms with van der Waals surface area (Å²) in [6, 6.07) is 7.84. The first-order chi connectivity index (χ1) is 13.9. The van der Waals surface area contributed by atoms with E-state index in [1.54, 1.807) is 6.92 Å². The zero-order chi connectivity index (χ0) is 22.3. The van der Waals surface area contributed by atoms with Crippen molar-refractivity contribution in [3.8, 4) is 11.5 Å². The van der Waals surface area contributed by atoms with Crippen LogP contribution in [-0.2, 0) is 19.1 Å². The number of fused-ring (bicyclic) bond motifs is 2. The fourth-order valence-electron chi connectivity index (χ4n) is 3.33. The van der Waals surface area contributed by atoms with Crippen LogP contribution in [0.5, 0.6) is 11.5 Å². The number of alkyl halides is 4. The molecule has 0 saturated carbocycles. The molecule has 3 atom stereocenters. The number of hydrogen-bond acceptors (Lipinski definition) is 6. The van der Waals surface area contributed by atoms with Gasteiger partial charge in [-0.05, 0) is 19.1 Å². The Morgan fingerprint density at radius 2 is 1.93 bits per heavy atom. The number of amides is 2. The molecular weight excluding hydrogens is 498 g/mol. The van der Waals surface area contributed by atoms with Crippen LogP contribution in [0.4, 0.5) is 0 Å². The van der Waals surface area contributed by atoms with Crippen LogP contribution in [0, 0.1) is 0 Å². The van der Waals surface area contributed by atoms with E-state index in [1.807, 2.05) is 24.3 Å². The van der Waals surface area contributed by atoms with E-state index in [9.17, 15) is 14.4 Å². The molecule has 3 aliphatic rings. The molecule has 0 radical (unpaired) electrons. The predicted molar refractivity (Wildman–Crippen MR) is 116 cm³/mol. The van der Waals surface area contributed by atoms with Crippen LogP contribution < -0.4 is 10.1 Å². The lowest BCUT2D eigenvalue weighted by Crippen LogP contribution is -2.76. The summed E-state index contributed by atoms with van der Waals surface area (Å²) in [5.74, 6) is 0.389. The third-order valence-electron chi connectivity index (χ3n) is 4.73. The summed E-state index contributed by atoms with van der Waals surface area (Å²) in [6.45, 7) is 2.40. The normalized spacial score (nSPS) is 28.1. The molecule has 12 heteroatoms. The second-order valence-electron chi connectivity index (χ2n) is 7.04.